The van der Waals surface area contributed by atoms with Crippen LogP contribution >= 0.6 is 22.9 Å². The first-order chi connectivity index (χ1) is 21.7. The molecule has 1 saturated heterocycles. The summed E-state index contributed by atoms with van der Waals surface area (Å²) in [4.78, 5) is 53.0. The summed E-state index contributed by atoms with van der Waals surface area (Å²) < 4.78 is 22.4. The highest BCUT2D eigenvalue weighted by Gasteiger charge is 2.35. The molecule has 256 valence electrons. The van der Waals surface area contributed by atoms with Crippen molar-refractivity contribution >= 4 is 57.8 Å². The number of thiazole rings is 1. The fraction of sp³-hybridized carbons (Fsp3) is 0.559. The van der Waals surface area contributed by atoms with Gasteiger partial charge in [-0.3, -0.25) is 0 Å². The molecule has 1 aliphatic heterocycles. The molecule has 0 atom stereocenters. The van der Waals surface area contributed by atoms with Crippen LogP contribution in [0, 0.1) is 0 Å². The molecule has 0 aliphatic carbocycles. The van der Waals surface area contributed by atoms with Crippen molar-refractivity contribution in [2.75, 3.05) is 25.2 Å². The van der Waals surface area contributed by atoms with Crippen molar-refractivity contribution in [2.45, 2.75) is 104 Å². The number of ether oxygens (including phenoxy) is 4. The second-order valence-corrected chi connectivity index (χ2v) is 16.0. The van der Waals surface area contributed by atoms with E-state index < -0.39 is 35.1 Å². The molecule has 0 unspecified atom stereocenters. The minimum absolute atomic E-state index is 0.0147. The number of hydrogen-bond acceptors (Lipinski definition) is 10. The Morgan fingerprint density at radius 2 is 1.45 bits per heavy atom. The number of carbonyl (C=O) groups excluding carboxylic acids is 3. The summed E-state index contributed by atoms with van der Waals surface area (Å²) in [5, 5.41) is 2.15. The van der Waals surface area contributed by atoms with Crippen molar-refractivity contribution in [1.82, 2.24) is 14.9 Å². The van der Waals surface area contributed by atoms with Gasteiger partial charge in [-0.15, -0.1) is 11.3 Å². The predicted octanol–water partition coefficient (Wildman–Crippen LogP) is 8.95. The van der Waals surface area contributed by atoms with E-state index in [1.165, 1.54) is 16.2 Å². The maximum Gasteiger partial charge on any atom is 0.425 e. The van der Waals surface area contributed by atoms with Crippen molar-refractivity contribution in [3.05, 3.63) is 40.0 Å². The zero-order chi connectivity index (χ0) is 34.9. The van der Waals surface area contributed by atoms with Crippen molar-refractivity contribution in [3.8, 4) is 10.6 Å². The number of hydrogen-bond donors (Lipinski definition) is 0. The van der Waals surface area contributed by atoms with Crippen molar-refractivity contribution < 1.29 is 33.3 Å². The van der Waals surface area contributed by atoms with E-state index in [4.69, 9.17) is 35.5 Å². The monoisotopic (exact) mass is 688 g/mol. The molecule has 0 bridgehead atoms. The number of aromatic nitrogens is 2. The van der Waals surface area contributed by atoms with E-state index >= 15 is 0 Å². The van der Waals surface area contributed by atoms with E-state index in [2.05, 4.69) is 4.98 Å². The van der Waals surface area contributed by atoms with Gasteiger partial charge in [0, 0.05) is 47.3 Å². The zero-order valence-electron chi connectivity index (χ0n) is 28.9. The molecule has 11 nitrogen and oxygen atoms in total. The molecule has 47 heavy (non-hydrogen) atoms. The summed E-state index contributed by atoms with van der Waals surface area (Å²) in [5.74, 6) is 0.223. The van der Waals surface area contributed by atoms with E-state index in [0.29, 0.717) is 39.6 Å². The van der Waals surface area contributed by atoms with E-state index in [0.717, 1.165) is 28.3 Å². The Balaban J connectivity index is 1.85. The summed E-state index contributed by atoms with van der Waals surface area (Å²) in [6, 6.07) is 5.18. The third-order valence-electron chi connectivity index (χ3n) is 6.83. The van der Waals surface area contributed by atoms with Gasteiger partial charge in [0.25, 0.3) is 0 Å². The smallest absolute Gasteiger partial charge is 0.425 e. The van der Waals surface area contributed by atoms with Crippen LogP contribution in [-0.4, -0.2) is 70.2 Å². The topological polar surface area (TPSA) is 120 Å². The van der Waals surface area contributed by atoms with Gasteiger partial charge in [-0.1, -0.05) is 17.7 Å². The van der Waals surface area contributed by atoms with Crippen LogP contribution in [0.2, 0.25) is 5.02 Å². The lowest BCUT2D eigenvalue weighted by Gasteiger charge is -2.28. The standard InChI is InChI=1S/C34H45ClN4O7S/c1-32(2,3)44-29(40)38(10)19-25-26(20-13-15-43-16-14-20)47-28(37-25)24-18-36-27(23-17-21(35)11-12-22(23)24)39(30(41)45-33(4,5)6)31(42)46-34(7,8)9/h11-12,17-18,20H,13-16,19H2,1-10H3. The van der Waals surface area contributed by atoms with Crippen molar-refractivity contribution in [2.24, 2.45) is 0 Å². The fourth-order valence-electron chi connectivity index (χ4n) is 4.91. The van der Waals surface area contributed by atoms with Crippen LogP contribution in [0.4, 0.5) is 20.2 Å². The highest BCUT2D eigenvalue weighted by Crippen LogP contribution is 2.42. The number of anilines is 1. The largest absolute Gasteiger partial charge is 0.444 e. The molecule has 1 aliphatic rings. The molecular weight excluding hydrogens is 644 g/mol. The maximum absolute atomic E-state index is 13.5. The molecule has 3 heterocycles. The molecule has 0 N–H and O–H groups in total. The lowest BCUT2D eigenvalue weighted by Crippen LogP contribution is -2.44. The van der Waals surface area contributed by atoms with E-state index in [1.54, 1.807) is 66.9 Å². The maximum atomic E-state index is 13.5. The number of benzene rings is 1. The average molecular weight is 689 g/mol. The van der Waals surface area contributed by atoms with Gasteiger partial charge in [0.1, 0.15) is 21.8 Å². The Morgan fingerprint density at radius 1 is 0.894 bits per heavy atom. The molecule has 2 aromatic heterocycles. The second kappa shape index (κ2) is 13.9. The SMILES string of the molecule is CN(Cc1nc(-c2cnc(N(C(=O)OC(C)(C)C)C(=O)OC(C)(C)C)c3cc(Cl)ccc23)sc1C1CCOCC1)C(=O)OC(C)(C)C. The van der Waals surface area contributed by atoms with Gasteiger partial charge in [-0.05, 0) is 98.6 Å². The summed E-state index contributed by atoms with van der Waals surface area (Å²) in [5.41, 5.74) is -0.981. The van der Waals surface area contributed by atoms with Gasteiger partial charge in [-0.25, -0.2) is 24.4 Å². The fourth-order valence-corrected chi connectivity index (χ4v) is 6.35. The van der Waals surface area contributed by atoms with Crippen LogP contribution in [0.25, 0.3) is 21.3 Å². The van der Waals surface area contributed by atoms with Crippen LogP contribution in [0.5, 0.6) is 0 Å². The zero-order valence-corrected chi connectivity index (χ0v) is 30.4. The molecule has 0 saturated carbocycles. The molecule has 0 radical (unpaired) electrons. The Kier molecular flexibility index (Phi) is 10.8. The molecular formula is C34H45ClN4O7S. The first-order valence-electron chi connectivity index (χ1n) is 15.6. The summed E-state index contributed by atoms with van der Waals surface area (Å²) in [6.45, 7) is 17.3. The average Bonchev–Trinajstić information content (AvgIpc) is 3.34. The third-order valence-corrected chi connectivity index (χ3v) is 8.36. The minimum Gasteiger partial charge on any atom is -0.444 e. The lowest BCUT2D eigenvalue weighted by atomic mass is 9.97. The molecule has 1 fully saturated rings. The Bertz CT molecular complexity index is 1600. The number of rotatable bonds is 5. The number of pyridine rings is 1. The Morgan fingerprint density at radius 3 is 2.00 bits per heavy atom. The van der Waals surface area contributed by atoms with Crippen molar-refractivity contribution in [1.29, 1.82) is 0 Å². The van der Waals surface area contributed by atoms with Crippen LogP contribution < -0.4 is 4.90 Å². The Hall–Kier alpha value is -3.48. The number of amides is 3. The van der Waals surface area contributed by atoms with Gasteiger partial charge in [0.15, 0.2) is 5.82 Å². The summed E-state index contributed by atoms with van der Waals surface area (Å²) in [7, 11) is 1.69. The summed E-state index contributed by atoms with van der Waals surface area (Å²) in [6.07, 6.45) is 0.938. The second-order valence-electron chi connectivity index (χ2n) is 14.5. The van der Waals surface area contributed by atoms with Crippen LogP contribution in [0.15, 0.2) is 24.4 Å². The number of halogens is 1. The minimum atomic E-state index is -0.934. The highest BCUT2D eigenvalue weighted by atomic mass is 35.5. The van der Waals surface area contributed by atoms with Crippen molar-refractivity contribution in [3.63, 3.8) is 0 Å². The number of fused-ring (bicyclic) bond motifs is 1. The molecule has 1 aromatic carbocycles. The highest BCUT2D eigenvalue weighted by molar-refractivity contribution is 7.15. The van der Waals surface area contributed by atoms with Gasteiger partial charge >= 0.3 is 18.3 Å². The predicted molar refractivity (Wildman–Crippen MR) is 183 cm³/mol. The normalized spacial score (nSPS) is 14.5. The third kappa shape index (κ3) is 9.55. The van der Waals surface area contributed by atoms with E-state index in [9.17, 15) is 14.4 Å². The molecule has 3 aromatic rings. The molecule has 13 heteroatoms. The Labute approximate surface area is 285 Å². The quantitative estimate of drug-likeness (QED) is 0.242. The molecule has 0 spiro atoms. The van der Waals surface area contributed by atoms with Crippen LogP contribution in [-0.2, 0) is 25.5 Å². The van der Waals surface area contributed by atoms with Gasteiger partial charge in [0.2, 0.25) is 0 Å². The van der Waals surface area contributed by atoms with E-state index in [-0.39, 0.29) is 18.3 Å². The lowest BCUT2D eigenvalue weighted by molar-refractivity contribution is 0.0280. The van der Waals surface area contributed by atoms with Crippen LogP contribution in [0.1, 0.15) is 91.6 Å². The number of nitrogens with zero attached hydrogens (tertiary/aromatic N) is 4. The molecule has 4 rings (SSSR count). The van der Waals surface area contributed by atoms with Gasteiger partial charge < -0.3 is 23.8 Å². The first-order valence-corrected chi connectivity index (χ1v) is 16.8. The molecule has 3 amide bonds. The van der Waals surface area contributed by atoms with Gasteiger partial charge in [-0.2, -0.15) is 4.90 Å². The number of carbonyl (C=O) groups is 3. The van der Waals surface area contributed by atoms with Gasteiger partial charge in [0.05, 0.1) is 12.2 Å². The van der Waals surface area contributed by atoms with E-state index in [1.807, 2.05) is 26.8 Å². The van der Waals surface area contributed by atoms with Crippen LogP contribution in [0.3, 0.4) is 0 Å². The summed E-state index contributed by atoms with van der Waals surface area (Å²) >= 11 is 8.01. The number of imide groups is 1. The first kappa shape index (κ1) is 36.4.